The van der Waals surface area contributed by atoms with E-state index in [-0.39, 0.29) is 24.0 Å². The highest BCUT2D eigenvalue weighted by molar-refractivity contribution is 5.74. The van der Waals surface area contributed by atoms with Crippen molar-refractivity contribution in [3.8, 4) is 0 Å². The number of carbonyl (C=O) groups is 1. The summed E-state index contributed by atoms with van der Waals surface area (Å²) in [4.78, 5) is 14.6. The van der Waals surface area contributed by atoms with Gasteiger partial charge in [-0.25, -0.2) is 9.18 Å². The van der Waals surface area contributed by atoms with E-state index in [9.17, 15) is 9.18 Å². The zero-order valence-corrected chi connectivity index (χ0v) is 14.8. The summed E-state index contributed by atoms with van der Waals surface area (Å²) in [6.45, 7) is 3.11. The van der Waals surface area contributed by atoms with Gasteiger partial charge in [0, 0.05) is 26.2 Å². The lowest BCUT2D eigenvalue weighted by Crippen LogP contribution is -2.47. The largest absolute Gasteiger partial charge is 0.382 e. The van der Waals surface area contributed by atoms with E-state index in [1.807, 2.05) is 11.8 Å². The molecule has 1 N–H and O–H groups in total. The number of methoxy groups -OCH3 is 1. The maximum Gasteiger partial charge on any atom is 0.317 e. The van der Waals surface area contributed by atoms with Crippen molar-refractivity contribution in [2.45, 2.75) is 64.1 Å². The number of amides is 2. The van der Waals surface area contributed by atoms with Crippen LogP contribution in [0.5, 0.6) is 0 Å². The minimum atomic E-state index is -0.249. The number of hydrogen-bond acceptors (Lipinski definition) is 2. The Labute approximate surface area is 144 Å². The molecule has 1 fully saturated rings. The van der Waals surface area contributed by atoms with E-state index < -0.39 is 0 Å². The van der Waals surface area contributed by atoms with Crippen LogP contribution in [0, 0.1) is 5.82 Å². The van der Waals surface area contributed by atoms with Gasteiger partial charge in [-0.1, -0.05) is 31.4 Å². The number of ether oxygens (including phenoxy) is 1. The number of rotatable bonds is 7. The molecule has 0 heterocycles. The van der Waals surface area contributed by atoms with Crippen LogP contribution in [-0.4, -0.2) is 36.7 Å². The Morgan fingerprint density at radius 2 is 1.96 bits per heavy atom. The fraction of sp³-hybridized carbons (Fsp3) is 0.632. The fourth-order valence-electron chi connectivity index (χ4n) is 3.15. The summed E-state index contributed by atoms with van der Waals surface area (Å²) in [5, 5.41) is 3.01. The summed E-state index contributed by atoms with van der Waals surface area (Å²) in [6.07, 6.45) is 6.58. The molecule has 0 aromatic heterocycles. The lowest BCUT2D eigenvalue weighted by Gasteiger charge is -2.34. The average Bonchev–Trinajstić information content (AvgIpc) is 2.61. The van der Waals surface area contributed by atoms with Gasteiger partial charge >= 0.3 is 6.03 Å². The van der Waals surface area contributed by atoms with Crippen LogP contribution in [0.25, 0.3) is 0 Å². The minimum Gasteiger partial charge on any atom is -0.382 e. The second-order valence-electron chi connectivity index (χ2n) is 6.61. The Kier molecular flexibility index (Phi) is 7.50. The Morgan fingerprint density at radius 3 is 2.58 bits per heavy atom. The molecule has 1 aromatic carbocycles. The Morgan fingerprint density at radius 1 is 1.29 bits per heavy atom. The van der Waals surface area contributed by atoms with Crippen LogP contribution < -0.4 is 5.32 Å². The molecule has 1 aromatic rings. The number of urea groups is 1. The maximum absolute atomic E-state index is 13.1. The van der Waals surface area contributed by atoms with Crippen molar-refractivity contribution in [1.82, 2.24) is 10.2 Å². The molecule has 24 heavy (non-hydrogen) atoms. The number of hydrogen-bond donors (Lipinski definition) is 1. The summed E-state index contributed by atoms with van der Waals surface area (Å²) in [7, 11) is 1.68. The second kappa shape index (κ2) is 9.62. The van der Waals surface area contributed by atoms with E-state index in [1.54, 1.807) is 19.2 Å². The zero-order chi connectivity index (χ0) is 17.4. The second-order valence-corrected chi connectivity index (χ2v) is 6.61. The van der Waals surface area contributed by atoms with Crippen LogP contribution in [0.4, 0.5) is 9.18 Å². The van der Waals surface area contributed by atoms with Gasteiger partial charge in [0.1, 0.15) is 5.82 Å². The maximum atomic E-state index is 13.1. The zero-order valence-electron chi connectivity index (χ0n) is 14.8. The van der Waals surface area contributed by atoms with Gasteiger partial charge in [-0.05, 0) is 43.9 Å². The monoisotopic (exact) mass is 336 g/mol. The molecule has 0 bridgehead atoms. The van der Waals surface area contributed by atoms with E-state index >= 15 is 0 Å². The third kappa shape index (κ3) is 5.78. The number of halogens is 1. The standard InChI is InChI=1S/C19H29FN2O2/c1-15(24-2)12-13-21-19(23)22(18-6-4-3-5-7-18)14-16-8-10-17(20)11-9-16/h8-11,15,18H,3-7,12-14H2,1-2H3,(H,21,23)/t15-/m1/s1. The molecular weight excluding hydrogens is 307 g/mol. The Balaban J connectivity index is 1.98. The number of nitrogens with zero attached hydrogens (tertiary/aromatic N) is 1. The van der Waals surface area contributed by atoms with Gasteiger partial charge in [0.15, 0.2) is 0 Å². The van der Waals surface area contributed by atoms with E-state index in [1.165, 1.54) is 31.4 Å². The summed E-state index contributed by atoms with van der Waals surface area (Å²) in [5.41, 5.74) is 0.961. The predicted octanol–water partition coefficient (Wildman–Crippen LogP) is 4.10. The summed E-state index contributed by atoms with van der Waals surface area (Å²) < 4.78 is 18.3. The lowest BCUT2D eigenvalue weighted by atomic mass is 9.94. The topological polar surface area (TPSA) is 41.6 Å². The molecule has 0 spiro atoms. The fourth-order valence-corrected chi connectivity index (χ4v) is 3.15. The van der Waals surface area contributed by atoms with Gasteiger partial charge in [0.25, 0.3) is 0 Å². The summed E-state index contributed by atoms with van der Waals surface area (Å²) >= 11 is 0. The Bertz CT molecular complexity index is 501. The van der Waals surface area contributed by atoms with Crippen LogP contribution in [0.2, 0.25) is 0 Å². The molecule has 0 radical (unpaired) electrons. The van der Waals surface area contributed by atoms with Gasteiger partial charge in [-0.15, -0.1) is 0 Å². The van der Waals surface area contributed by atoms with Gasteiger partial charge in [-0.3, -0.25) is 0 Å². The molecule has 134 valence electrons. The van der Waals surface area contributed by atoms with E-state index in [2.05, 4.69) is 5.32 Å². The molecule has 0 aliphatic heterocycles. The molecule has 1 aliphatic rings. The summed E-state index contributed by atoms with van der Waals surface area (Å²) in [5.74, 6) is -0.249. The van der Waals surface area contributed by atoms with Crippen LogP contribution in [0.3, 0.4) is 0 Å². The highest BCUT2D eigenvalue weighted by Gasteiger charge is 2.25. The van der Waals surface area contributed by atoms with Crippen molar-refractivity contribution < 1.29 is 13.9 Å². The van der Waals surface area contributed by atoms with Crippen molar-refractivity contribution in [2.75, 3.05) is 13.7 Å². The van der Waals surface area contributed by atoms with Crippen molar-refractivity contribution >= 4 is 6.03 Å². The molecule has 1 atom stereocenters. The minimum absolute atomic E-state index is 0.0328. The third-order valence-electron chi connectivity index (χ3n) is 4.77. The SMILES string of the molecule is CO[C@H](C)CCNC(=O)N(Cc1ccc(F)cc1)C1CCCCC1. The van der Waals surface area contributed by atoms with Crippen LogP contribution >= 0.6 is 0 Å². The molecule has 1 saturated carbocycles. The molecule has 1 aliphatic carbocycles. The predicted molar refractivity (Wildman–Crippen MR) is 93.3 cm³/mol. The van der Waals surface area contributed by atoms with Gasteiger partial charge in [0.2, 0.25) is 0 Å². The molecule has 4 nitrogen and oxygen atoms in total. The van der Waals surface area contributed by atoms with E-state index in [0.29, 0.717) is 13.1 Å². The molecule has 2 rings (SSSR count). The van der Waals surface area contributed by atoms with Crippen LogP contribution in [0.1, 0.15) is 51.0 Å². The van der Waals surface area contributed by atoms with Crippen LogP contribution in [0.15, 0.2) is 24.3 Å². The number of carbonyl (C=O) groups excluding carboxylic acids is 1. The number of nitrogens with one attached hydrogen (secondary N) is 1. The van der Waals surface area contributed by atoms with E-state index in [4.69, 9.17) is 4.74 Å². The molecule has 2 amide bonds. The van der Waals surface area contributed by atoms with Gasteiger partial charge in [-0.2, -0.15) is 0 Å². The molecular formula is C19H29FN2O2. The third-order valence-corrected chi connectivity index (χ3v) is 4.77. The summed E-state index contributed by atoms with van der Waals surface area (Å²) in [6, 6.07) is 6.65. The van der Waals surface area contributed by atoms with Gasteiger partial charge < -0.3 is 15.0 Å². The van der Waals surface area contributed by atoms with Crippen molar-refractivity contribution in [3.05, 3.63) is 35.6 Å². The number of benzene rings is 1. The highest BCUT2D eigenvalue weighted by atomic mass is 19.1. The average molecular weight is 336 g/mol. The lowest BCUT2D eigenvalue weighted by molar-refractivity contribution is 0.109. The quantitative estimate of drug-likeness (QED) is 0.814. The normalized spacial score (nSPS) is 16.6. The first-order valence-corrected chi connectivity index (χ1v) is 8.92. The first-order valence-electron chi connectivity index (χ1n) is 8.92. The first-order chi connectivity index (χ1) is 11.6. The van der Waals surface area contributed by atoms with Gasteiger partial charge in [0.05, 0.1) is 6.10 Å². The highest BCUT2D eigenvalue weighted by Crippen LogP contribution is 2.24. The molecule has 0 unspecified atom stereocenters. The molecule has 0 saturated heterocycles. The smallest absolute Gasteiger partial charge is 0.317 e. The van der Waals surface area contributed by atoms with E-state index in [0.717, 1.165) is 24.8 Å². The molecule has 5 heteroatoms. The first kappa shape index (κ1) is 18.7. The Hall–Kier alpha value is -1.62. The van der Waals surface area contributed by atoms with Crippen molar-refractivity contribution in [2.24, 2.45) is 0 Å². The van der Waals surface area contributed by atoms with Crippen LogP contribution in [-0.2, 0) is 11.3 Å². The van der Waals surface area contributed by atoms with Crippen molar-refractivity contribution in [3.63, 3.8) is 0 Å². The van der Waals surface area contributed by atoms with Crippen molar-refractivity contribution in [1.29, 1.82) is 0 Å².